The Balaban J connectivity index is 1.71. The van der Waals surface area contributed by atoms with Crippen molar-refractivity contribution < 1.29 is 14.0 Å². The monoisotopic (exact) mass is 380 g/mol. The van der Waals surface area contributed by atoms with Crippen molar-refractivity contribution in [3.63, 3.8) is 0 Å². The van der Waals surface area contributed by atoms with Gasteiger partial charge >= 0.3 is 0 Å². The third-order valence-electron chi connectivity index (χ3n) is 4.72. The molecule has 0 aliphatic carbocycles. The number of nitrogens with zero attached hydrogens (tertiary/aromatic N) is 3. The molecule has 4 rings (SSSR count). The van der Waals surface area contributed by atoms with Gasteiger partial charge in [-0.25, -0.2) is 9.37 Å². The quantitative estimate of drug-likeness (QED) is 0.739. The SMILES string of the molecule is CC1CC(=O)Nc2ccccc2N1C(=O)Cn1cnc2cc(F)ccc2c1=O. The molecular weight excluding hydrogens is 363 g/mol. The Morgan fingerprint density at radius 1 is 1.25 bits per heavy atom. The number of fused-ring (bicyclic) bond motifs is 2. The van der Waals surface area contributed by atoms with Crippen LogP contribution in [0.15, 0.2) is 53.6 Å². The zero-order chi connectivity index (χ0) is 19.8. The number of hydrogen-bond donors (Lipinski definition) is 1. The van der Waals surface area contributed by atoms with Gasteiger partial charge in [0.25, 0.3) is 5.56 Å². The molecule has 0 bridgehead atoms. The molecule has 3 aromatic rings. The number of hydrogen-bond acceptors (Lipinski definition) is 4. The first-order chi connectivity index (χ1) is 13.4. The van der Waals surface area contributed by atoms with E-state index in [1.54, 1.807) is 31.2 Å². The Labute approximate surface area is 159 Å². The van der Waals surface area contributed by atoms with Crippen LogP contribution in [0, 0.1) is 5.82 Å². The maximum absolute atomic E-state index is 13.3. The number of rotatable bonds is 2. The predicted octanol–water partition coefficient (Wildman–Crippen LogP) is 2.30. The van der Waals surface area contributed by atoms with Crippen molar-refractivity contribution in [3.8, 4) is 0 Å². The molecule has 0 fully saturated rings. The Kier molecular flexibility index (Phi) is 4.38. The summed E-state index contributed by atoms with van der Waals surface area (Å²) in [6.07, 6.45) is 1.38. The first kappa shape index (κ1) is 17.8. The van der Waals surface area contributed by atoms with Crippen molar-refractivity contribution >= 4 is 34.1 Å². The third-order valence-corrected chi connectivity index (χ3v) is 4.72. The smallest absolute Gasteiger partial charge is 0.261 e. The van der Waals surface area contributed by atoms with Crippen molar-refractivity contribution in [1.29, 1.82) is 0 Å². The van der Waals surface area contributed by atoms with Gasteiger partial charge in [0.05, 0.1) is 28.6 Å². The van der Waals surface area contributed by atoms with Gasteiger partial charge in [0, 0.05) is 18.5 Å². The predicted molar refractivity (Wildman–Crippen MR) is 103 cm³/mol. The van der Waals surface area contributed by atoms with Crippen LogP contribution in [0.4, 0.5) is 15.8 Å². The molecule has 1 atom stereocenters. The Morgan fingerprint density at radius 3 is 2.86 bits per heavy atom. The van der Waals surface area contributed by atoms with Gasteiger partial charge in [-0.15, -0.1) is 0 Å². The number of amides is 2. The van der Waals surface area contributed by atoms with Crippen LogP contribution in [0.25, 0.3) is 10.9 Å². The summed E-state index contributed by atoms with van der Waals surface area (Å²) in [5.41, 5.74) is 0.930. The Morgan fingerprint density at radius 2 is 2.04 bits per heavy atom. The minimum Gasteiger partial charge on any atom is -0.324 e. The van der Waals surface area contributed by atoms with E-state index < -0.39 is 11.4 Å². The van der Waals surface area contributed by atoms with E-state index in [2.05, 4.69) is 10.3 Å². The molecule has 1 aromatic heterocycles. The molecule has 2 amide bonds. The van der Waals surface area contributed by atoms with Crippen molar-refractivity contribution in [2.24, 2.45) is 0 Å². The molecule has 2 aromatic carbocycles. The second-order valence-corrected chi connectivity index (χ2v) is 6.72. The summed E-state index contributed by atoms with van der Waals surface area (Å²) in [6, 6.07) is 10.4. The first-order valence-corrected chi connectivity index (χ1v) is 8.79. The van der Waals surface area contributed by atoms with Crippen LogP contribution in [0.1, 0.15) is 13.3 Å². The first-order valence-electron chi connectivity index (χ1n) is 8.79. The molecule has 0 spiro atoms. The number of carbonyl (C=O) groups excluding carboxylic acids is 2. The van der Waals surface area contributed by atoms with Gasteiger partial charge in [0.2, 0.25) is 11.8 Å². The topological polar surface area (TPSA) is 84.3 Å². The van der Waals surface area contributed by atoms with Crippen molar-refractivity contribution in [2.45, 2.75) is 25.9 Å². The lowest BCUT2D eigenvalue weighted by atomic mass is 10.1. The molecule has 0 saturated heterocycles. The van der Waals surface area contributed by atoms with Crippen molar-refractivity contribution in [3.05, 3.63) is 65.0 Å². The lowest BCUT2D eigenvalue weighted by molar-refractivity contribution is -0.120. The van der Waals surface area contributed by atoms with Crippen LogP contribution in [-0.4, -0.2) is 27.4 Å². The Bertz CT molecular complexity index is 1160. The average Bonchev–Trinajstić information content (AvgIpc) is 2.78. The number of nitrogens with one attached hydrogen (secondary N) is 1. The lowest BCUT2D eigenvalue weighted by Crippen LogP contribution is -2.42. The molecule has 8 heteroatoms. The Hall–Kier alpha value is -3.55. The molecule has 0 radical (unpaired) electrons. The van der Waals surface area contributed by atoms with Crippen LogP contribution in [-0.2, 0) is 16.1 Å². The third kappa shape index (κ3) is 3.13. The molecule has 1 unspecified atom stereocenters. The normalized spacial score (nSPS) is 16.4. The number of carbonyl (C=O) groups is 2. The van der Waals surface area contributed by atoms with Gasteiger partial charge in [-0.2, -0.15) is 0 Å². The van der Waals surface area contributed by atoms with Gasteiger partial charge in [0.15, 0.2) is 0 Å². The van der Waals surface area contributed by atoms with Crippen LogP contribution in [0.5, 0.6) is 0 Å². The van der Waals surface area contributed by atoms with E-state index in [9.17, 15) is 18.8 Å². The van der Waals surface area contributed by atoms with Crippen LogP contribution < -0.4 is 15.8 Å². The molecule has 0 saturated carbocycles. The van der Waals surface area contributed by atoms with Crippen molar-refractivity contribution in [2.75, 3.05) is 10.2 Å². The second kappa shape index (κ2) is 6.88. The summed E-state index contributed by atoms with van der Waals surface area (Å²) < 4.78 is 14.5. The molecule has 142 valence electrons. The van der Waals surface area contributed by atoms with Gasteiger partial charge in [0.1, 0.15) is 12.4 Å². The minimum atomic E-state index is -0.486. The van der Waals surface area contributed by atoms with E-state index in [0.717, 1.165) is 0 Å². The number of aromatic nitrogens is 2. The maximum atomic E-state index is 13.3. The molecule has 7 nitrogen and oxygen atoms in total. The molecular formula is C20H17FN4O3. The summed E-state index contributed by atoms with van der Waals surface area (Å²) in [7, 11) is 0. The fourth-order valence-corrected chi connectivity index (χ4v) is 3.43. The van der Waals surface area contributed by atoms with E-state index in [-0.39, 0.29) is 41.7 Å². The standard InChI is InChI=1S/C20H17FN4O3/c1-12-8-18(26)23-15-4-2-3-5-17(15)25(12)19(27)10-24-11-22-16-9-13(21)6-7-14(16)20(24)28/h2-7,9,11-12H,8,10H2,1H3,(H,23,26). The fourth-order valence-electron chi connectivity index (χ4n) is 3.43. The highest BCUT2D eigenvalue weighted by Crippen LogP contribution is 2.31. The largest absolute Gasteiger partial charge is 0.324 e. The van der Waals surface area contributed by atoms with Crippen LogP contribution in [0.3, 0.4) is 0 Å². The second-order valence-electron chi connectivity index (χ2n) is 6.72. The van der Waals surface area contributed by atoms with E-state index in [1.165, 1.54) is 34.0 Å². The van der Waals surface area contributed by atoms with Gasteiger partial charge < -0.3 is 10.2 Å². The van der Waals surface area contributed by atoms with Crippen LogP contribution >= 0.6 is 0 Å². The molecule has 28 heavy (non-hydrogen) atoms. The van der Waals surface area contributed by atoms with Crippen LogP contribution in [0.2, 0.25) is 0 Å². The minimum absolute atomic E-state index is 0.143. The lowest BCUT2D eigenvalue weighted by Gasteiger charge is -2.28. The molecule has 1 aliphatic heterocycles. The molecule has 1 aliphatic rings. The van der Waals surface area contributed by atoms with E-state index in [1.807, 2.05) is 0 Å². The summed E-state index contributed by atoms with van der Waals surface area (Å²) in [6.45, 7) is 1.54. The number of anilines is 2. The van der Waals surface area contributed by atoms with E-state index in [4.69, 9.17) is 0 Å². The van der Waals surface area contributed by atoms with Gasteiger partial charge in [-0.3, -0.25) is 19.0 Å². The highest BCUT2D eigenvalue weighted by molar-refractivity contribution is 6.04. The molecule has 1 N–H and O–H groups in total. The van der Waals surface area contributed by atoms with Gasteiger partial charge in [-0.1, -0.05) is 12.1 Å². The van der Waals surface area contributed by atoms with Gasteiger partial charge in [-0.05, 0) is 31.2 Å². The fraction of sp³-hybridized carbons (Fsp3) is 0.200. The zero-order valence-electron chi connectivity index (χ0n) is 15.1. The average molecular weight is 380 g/mol. The molecule has 2 heterocycles. The highest BCUT2D eigenvalue weighted by atomic mass is 19.1. The van der Waals surface area contributed by atoms with E-state index >= 15 is 0 Å². The number of benzene rings is 2. The zero-order valence-corrected chi connectivity index (χ0v) is 15.1. The summed E-state index contributed by atoms with van der Waals surface area (Å²) in [5.74, 6) is -1.01. The summed E-state index contributed by atoms with van der Waals surface area (Å²) in [5, 5.41) is 3.03. The summed E-state index contributed by atoms with van der Waals surface area (Å²) in [4.78, 5) is 43.4. The number of para-hydroxylation sites is 2. The van der Waals surface area contributed by atoms with E-state index in [0.29, 0.717) is 11.4 Å². The summed E-state index contributed by atoms with van der Waals surface area (Å²) >= 11 is 0. The maximum Gasteiger partial charge on any atom is 0.261 e. The van der Waals surface area contributed by atoms with Crippen molar-refractivity contribution in [1.82, 2.24) is 9.55 Å². The highest BCUT2D eigenvalue weighted by Gasteiger charge is 2.29. The number of halogens is 1.